The Labute approximate surface area is 203 Å². The van der Waals surface area contributed by atoms with Crippen molar-refractivity contribution in [3.63, 3.8) is 0 Å². The Bertz CT molecular complexity index is 1400. The van der Waals surface area contributed by atoms with Gasteiger partial charge in [0.15, 0.2) is 17.7 Å². The maximum absolute atomic E-state index is 15.2. The van der Waals surface area contributed by atoms with E-state index in [0.717, 1.165) is 5.56 Å². The summed E-state index contributed by atoms with van der Waals surface area (Å²) in [5, 5.41) is 0. The second-order valence-electron chi connectivity index (χ2n) is 9.05. The molecule has 1 saturated heterocycles. The smallest absolute Gasteiger partial charge is 0.387 e. The van der Waals surface area contributed by atoms with Crippen LogP contribution in [0.4, 0.5) is 17.6 Å². The van der Waals surface area contributed by atoms with Crippen molar-refractivity contribution in [2.45, 2.75) is 43.8 Å². The van der Waals surface area contributed by atoms with Crippen LogP contribution in [-0.2, 0) is 10.4 Å². The lowest BCUT2D eigenvalue weighted by atomic mass is 9.95. The van der Waals surface area contributed by atoms with Gasteiger partial charge in [-0.25, -0.2) is 23.7 Å². The minimum atomic E-state index is -2.99. The van der Waals surface area contributed by atoms with Crippen molar-refractivity contribution in [2.75, 3.05) is 13.2 Å². The first-order valence-corrected chi connectivity index (χ1v) is 11.7. The summed E-state index contributed by atoms with van der Waals surface area (Å²) in [6.45, 7) is -2.34. The summed E-state index contributed by atoms with van der Waals surface area (Å²) in [5.74, 6) is 0.383. The SMILES string of the molecule is FC(F)Oc1ccccc1[C@H]1C[C@@H](F)c2nc3ccc(-c4cnc(C5(F)CCOCC5)nc4)cc3n21. The van der Waals surface area contributed by atoms with Crippen LogP contribution < -0.4 is 4.74 Å². The fraction of sp³-hybridized carbons (Fsp3) is 0.346. The van der Waals surface area contributed by atoms with Gasteiger partial charge in [-0.2, -0.15) is 8.78 Å². The van der Waals surface area contributed by atoms with Crippen LogP contribution in [0.15, 0.2) is 54.9 Å². The zero-order valence-electron chi connectivity index (χ0n) is 19.1. The molecular weight excluding hydrogens is 476 g/mol. The minimum absolute atomic E-state index is 0.00723. The predicted octanol–water partition coefficient (Wildman–Crippen LogP) is 6.07. The summed E-state index contributed by atoms with van der Waals surface area (Å²) in [7, 11) is 0. The molecule has 2 aromatic carbocycles. The van der Waals surface area contributed by atoms with Gasteiger partial charge in [-0.05, 0) is 23.8 Å². The molecule has 0 unspecified atom stereocenters. The van der Waals surface area contributed by atoms with Gasteiger partial charge in [0, 0.05) is 42.8 Å². The van der Waals surface area contributed by atoms with E-state index >= 15 is 8.78 Å². The van der Waals surface area contributed by atoms with Gasteiger partial charge in [0.05, 0.1) is 30.3 Å². The van der Waals surface area contributed by atoms with Crippen LogP contribution in [0.3, 0.4) is 0 Å². The number of ether oxygens (including phenoxy) is 2. The molecule has 186 valence electrons. The first-order valence-electron chi connectivity index (χ1n) is 11.7. The first kappa shape index (κ1) is 22.9. The second kappa shape index (κ2) is 8.85. The maximum Gasteiger partial charge on any atom is 0.387 e. The molecule has 1 fully saturated rings. The molecule has 0 bridgehead atoms. The number of para-hydroxylation sites is 1. The fourth-order valence-electron chi connectivity index (χ4n) is 5.10. The monoisotopic (exact) mass is 498 g/mol. The Kier molecular flexibility index (Phi) is 5.63. The summed E-state index contributed by atoms with van der Waals surface area (Å²) in [6, 6.07) is 11.3. The van der Waals surface area contributed by atoms with Gasteiger partial charge >= 0.3 is 6.61 Å². The molecule has 4 heterocycles. The second-order valence-corrected chi connectivity index (χ2v) is 9.05. The van der Waals surface area contributed by atoms with Crippen molar-refractivity contribution in [3.05, 3.63) is 72.1 Å². The van der Waals surface area contributed by atoms with Gasteiger partial charge in [-0.3, -0.25) is 0 Å². The van der Waals surface area contributed by atoms with E-state index in [1.54, 1.807) is 41.2 Å². The van der Waals surface area contributed by atoms with Crippen molar-refractivity contribution in [1.82, 2.24) is 19.5 Å². The number of halogens is 4. The summed E-state index contributed by atoms with van der Waals surface area (Å²) in [5.41, 5.74) is 1.49. The third kappa shape index (κ3) is 3.89. The van der Waals surface area contributed by atoms with E-state index in [9.17, 15) is 8.78 Å². The van der Waals surface area contributed by atoms with Gasteiger partial charge < -0.3 is 14.0 Å². The topological polar surface area (TPSA) is 62.1 Å². The van der Waals surface area contributed by atoms with E-state index in [-0.39, 0.29) is 36.7 Å². The number of rotatable bonds is 5. The number of nitrogens with zero attached hydrogens (tertiary/aromatic N) is 4. The van der Waals surface area contributed by atoms with Crippen LogP contribution in [0.25, 0.3) is 22.2 Å². The van der Waals surface area contributed by atoms with E-state index in [1.165, 1.54) is 6.07 Å². The summed E-state index contributed by atoms with van der Waals surface area (Å²) in [6.07, 6.45) is 2.27. The van der Waals surface area contributed by atoms with Gasteiger partial charge in [0.1, 0.15) is 11.6 Å². The molecule has 36 heavy (non-hydrogen) atoms. The van der Waals surface area contributed by atoms with E-state index in [4.69, 9.17) is 9.47 Å². The standard InChI is InChI=1S/C26H22F4N4O2/c27-18-12-20(17-3-1-2-4-22(17)36-25(28)29)34-21-11-15(5-6-19(21)33-23(18)34)16-13-31-24(32-14-16)26(30)7-9-35-10-8-26/h1-6,11,13-14,18,20,25H,7-10,12H2/t18-,20-/m1/s1. The van der Waals surface area contributed by atoms with Gasteiger partial charge in [-0.15, -0.1) is 0 Å². The highest BCUT2D eigenvalue weighted by Gasteiger charge is 2.38. The molecule has 2 aliphatic rings. The molecule has 0 spiro atoms. The molecule has 2 aromatic heterocycles. The molecule has 6 nitrogen and oxygen atoms in total. The molecule has 0 saturated carbocycles. The Morgan fingerprint density at radius 1 is 1.03 bits per heavy atom. The first-order chi connectivity index (χ1) is 17.4. The molecule has 0 amide bonds. The lowest BCUT2D eigenvalue weighted by Gasteiger charge is -2.27. The Hall–Kier alpha value is -3.53. The number of hydrogen-bond acceptors (Lipinski definition) is 5. The highest BCUT2D eigenvalue weighted by molar-refractivity contribution is 5.83. The van der Waals surface area contributed by atoms with Crippen LogP contribution in [0.2, 0.25) is 0 Å². The number of fused-ring (bicyclic) bond motifs is 3. The maximum atomic E-state index is 15.2. The number of benzene rings is 2. The molecule has 0 radical (unpaired) electrons. The van der Waals surface area contributed by atoms with E-state index in [1.807, 2.05) is 12.1 Å². The van der Waals surface area contributed by atoms with Crippen molar-refractivity contribution in [3.8, 4) is 16.9 Å². The van der Waals surface area contributed by atoms with Crippen molar-refractivity contribution >= 4 is 11.0 Å². The number of imidazole rings is 1. The van der Waals surface area contributed by atoms with Crippen LogP contribution in [-0.4, -0.2) is 39.3 Å². The predicted molar refractivity (Wildman–Crippen MR) is 123 cm³/mol. The van der Waals surface area contributed by atoms with Crippen LogP contribution in [0.1, 0.15) is 48.7 Å². The third-order valence-electron chi connectivity index (χ3n) is 6.90. The third-order valence-corrected chi connectivity index (χ3v) is 6.90. The minimum Gasteiger partial charge on any atom is -0.434 e. The summed E-state index contributed by atoms with van der Waals surface area (Å²) < 4.78 is 67.9. The molecule has 2 aliphatic heterocycles. The van der Waals surface area contributed by atoms with Gasteiger partial charge in [-0.1, -0.05) is 24.3 Å². The van der Waals surface area contributed by atoms with Crippen LogP contribution in [0.5, 0.6) is 5.75 Å². The van der Waals surface area contributed by atoms with Crippen molar-refractivity contribution < 1.29 is 27.0 Å². The van der Waals surface area contributed by atoms with Crippen LogP contribution >= 0.6 is 0 Å². The number of alkyl halides is 4. The molecule has 0 aliphatic carbocycles. The van der Waals surface area contributed by atoms with Gasteiger partial charge in [0.2, 0.25) is 0 Å². The summed E-state index contributed by atoms with van der Waals surface area (Å²) >= 11 is 0. The normalized spacial score (nSPS) is 21.1. The molecule has 4 aromatic rings. The van der Waals surface area contributed by atoms with Crippen LogP contribution in [0, 0.1) is 0 Å². The number of aromatic nitrogens is 4. The molecule has 10 heteroatoms. The highest BCUT2D eigenvalue weighted by Crippen LogP contribution is 2.46. The molecule has 6 rings (SSSR count). The quantitative estimate of drug-likeness (QED) is 0.313. The largest absolute Gasteiger partial charge is 0.434 e. The summed E-state index contributed by atoms with van der Waals surface area (Å²) in [4.78, 5) is 13.1. The Morgan fingerprint density at radius 3 is 2.53 bits per heavy atom. The average Bonchev–Trinajstić information content (AvgIpc) is 3.41. The Morgan fingerprint density at radius 2 is 1.78 bits per heavy atom. The Balaban J connectivity index is 1.39. The number of hydrogen-bond donors (Lipinski definition) is 0. The average molecular weight is 498 g/mol. The zero-order valence-corrected chi connectivity index (χ0v) is 19.1. The van der Waals surface area contributed by atoms with Crippen molar-refractivity contribution in [1.29, 1.82) is 0 Å². The van der Waals surface area contributed by atoms with Gasteiger partial charge in [0.25, 0.3) is 0 Å². The fourth-order valence-corrected chi connectivity index (χ4v) is 5.10. The van der Waals surface area contributed by atoms with E-state index < -0.39 is 24.5 Å². The van der Waals surface area contributed by atoms with Crippen molar-refractivity contribution in [2.24, 2.45) is 0 Å². The highest BCUT2D eigenvalue weighted by atomic mass is 19.3. The zero-order chi connectivity index (χ0) is 24.9. The van der Waals surface area contributed by atoms with E-state index in [0.29, 0.717) is 35.4 Å². The molecular formula is C26H22F4N4O2. The molecule has 2 atom stereocenters. The molecule has 0 N–H and O–H groups in total. The lowest BCUT2D eigenvalue weighted by molar-refractivity contribution is -0.0507. The lowest BCUT2D eigenvalue weighted by Crippen LogP contribution is -2.31. The van der Waals surface area contributed by atoms with E-state index in [2.05, 4.69) is 15.0 Å².